The molecule has 20 heavy (non-hydrogen) atoms. The van der Waals surface area contributed by atoms with Crippen molar-refractivity contribution in [2.45, 2.75) is 65.6 Å². The summed E-state index contributed by atoms with van der Waals surface area (Å²) in [4.78, 5) is 2.27. The van der Waals surface area contributed by atoms with E-state index in [1.54, 1.807) is 4.68 Å². The molecule has 116 valence electrons. The van der Waals surface area contributed by atoms with Gasteiger partial charge in [0.1, 0.15) is 0 Å². The van der Waals surface area contributed by atoms with Crippen LogP contribution in [0.2, 0.25) is 0 Å². The van der Waals surface area contributed by atoms with Crippen LogP contribution in [0.3, 0.4) is 0 Å². The lowest BCUT2D eigenvalue weighted by Gasteiger charge is -2.16. The van der Waals surface area contributed by atoms with Crippen LogP contribution in [0.25, 0.3) is 0 Å². The molecule has 1 heterocycles. The number of unbranched alkanes of at least 4 members (excludes halogenated alkanes) is 1. The second-order valence-electron chi connectivity index (χ2n) is 6.15. The Labute approximate surface area is 123 Å². The first-order valence-corrected chi connectivity index (χ1v) is 7.76. The zero-order chi connectivity index (χ0) is 15.0. The highest BCUT2D eigenvalue weighted by molar-refractivity contribution is 4.92. The van der Waals surface area contributed by atoms with Gasteiger partial charge in [0.25, 0.3) is 0 Å². The standard InChI is InChI=1S/C15H30N4O/c1-5-6-7-15(20)12-19-11-14(16-17-19)10-18(4)9-8-13(2)3/h11,13,15,20H,5-10,12H2,1-4H3. The van der Waals surface area contributed by atoms with E-state index in [-0.39, 0.29) is 6.10 Å². The maximum Gasteiger partial charge on any atom is 0.0967 e. The molecule has 0 aromatic carbocycles. The molecule has 0 spiro atoms. The third-order valence-corrected chi connectivity index (χ3v) is 3.39. The van der Waals surface area contributed by atoms with Crippen LogP contribution in [0.15, 0.2) is 6.20 Å². The lowest BCUT2D eigenvalue weighted by molar-refractivity contribution is 0.136. The molecule has 5 nitrogen and oxygen atoms in total. The Hall–Kier alpha value is -0.940. The van der Waals surface area contributed by atoms with Gasteiger partial charge in [-0.05, 0) is 32.4 Å². The Morgan fingerprint density at radius 2 is 2.10 bits per heavy atom. The van der Waals surface area contributed by atoms with Crippen molar-refractivity contribution in [3.05, 3.63) is 11.9 Å². The summed E-state index contributed by atoms with van der Waals surface area (Å²) in [7, 11) is 2.11. The minimum Gasteiger partial charge on any atom is -0.391 e. The van der Waals surface area contributed by atoms with Gasteiger partial charge in [-0.25, -0.2) is 4.68 Å². The molecular weight excluding hydrogens is 252 g/mol. The minimum atomic E-state index is -0.317. The van der Waals surface area contributed by atoms with Gasteiger partial charge in [0.2, 0.25) is 0 Å². The monoisotopic (exact) mass is 282 g/mol. The molecule has 1 rings (SSSR count). The van der Waals surface area contributed by atoms with Gasteiger partial charge in [0.05, 0.1) is 18.3 Å². The van der Waals surface area contributed by atoms with E-state index in [0.29, 0.717) is 6.54 Å². The first-order valence-electron chi connectivity index (χ1n) is 7.76. The van der Waals surface area contributed by atoms with Crippen molar-refractivity contribution >= 4 is 0 Å². The van der Waals surface area contributed by atoms with Crippen LogP contribution in [0.5, 0.6) is 0 Å². The SMILES string of the molecule is CCCCC(O)Cn1cc(CN(C)CCC(C)C)nn1. The van der Waals surface area contributed by atoms with Crippen molar-refractivity contribution in [1.29, 1.82) is 0 Å². The quantitative estimate of drug-likeness (QED) is 0.715. The predicted octanol–water partition coefficient (Wildman–Crippen LogP) is 2.31. The summed E-state index contributed by atoms with van der Waals surface area (Å²) in [5.41, 5.74) is 0.971. The zero-order valence-corrected chi connectivity index (χ0v) is 13.4. The molecular formula is C15H30N4O. The van der Waals surface area contributed by atoms with Crippen LogP contribution >= 0.6 is 0 Å². The number of aliphatic hydroxyl groups is 1. The van der Waals surface area contributed by atoms with Crippen LogP contribution < -0.4 is 0 Å². The molecule has 1 unspecified atom stereocenters. The topological polar surface area (TPSA) is 54.2 Å². The highest BCUT2D eigenvalue weighted by Crippen LogP contribution is 2.06. The number of aromatic nitrogens is 3. The molecule has 0 aliphatic rings. The van der Waals surface area contributed by atoms with E-state index in [0.717, 1.165) is 44.0 Å². The predicted molar refractivity (Wildman–Crippen MR) is 81.3 cm³/mol. The summed E-state index contributed by atoms with van der Waals surface area (Å²) in [5.74, 6) is 0.724. The minimum absolute atomic E-state index is 0.317. The number of aliphatic hydroxyl groups excluding tert-OH is 1. The Balaban J connectivity index is 2.35. The van der Waals surface area contributed by atoms with Gasteiger partial charge in [0, 0.05) is 12.7 Å². The molecule has 0 radical (unpaired) electrons. The van der Waals surface area contributed by atoms with Gasteiger partial charge in [-0.2, -0.15) is 0 Å². The Morgan fingerprint density at radius 1 is 1.35 bits per heavy atom. The lowest BCUT2D eigenvalue weighted by Crippen LogP contribution is -2.20. The smallest absolute Gasteiger partial charge is 0.0967 e. The molecule has 0 amide bonds. The number of hydrogen-bond donors (Lipinski definition) is 1. The average molecular weight is 282 g/mol. The molecule has 0 bridgehead atoms. The maximum absolute atomic E-state index is 9.87. The molecule has 0 aliphatic carbocycles. The Morgan fingerprint density at radius 3 is 2.75 bits per heavy atom. The molecule has 1 N–H and O–H groups in total. The lowest BCUT2D eigenvalue weighted by atomic mass is 10.1. The fourth-order valence-electron chi connectivity index (χ4n) is 2.08. The first kappa shape index (κ1) is 17.1. The zero-order valence-electron chi connectivity index (χ0n) is 13.4. The molecule has 0 saturated carbocycles. The molecule has 0 aliphatic heterocycles. The second kappa shape index (κ2) is 9.08. The van der Waals surface area contributed by atoms with E-state index in [4.69, 9.17) is 0 Å². The fraction of sp³-hybridized carbons (Fsp3) is 0.867. The third-order valence-electron chi connectivity index (χ3n) is 3.39. The van der Waals surface area contributed by atoms with Crippen molar-refractivity contribution in [3.8, 4) is 0 Å². The van der Waals surface area contributed by atoms with Crippen molar-refractivity contribution in [2.75, 3.05) is 13.6 Å². The summed E-state index contributed by atoms with van der Waals surface area (Å²) in [6.45, 7) is 9.04. The molecule has 0 fully saturated rings. The first-order chi connectivity index (χ1) is 9.51. The molecule has 0 saturated heterocycles. The van der Waals surface area contributed by atoms with Crippen molar-refractivity contribution in [2.24, 2.45) is 5.92 Å². The van der Waals surface area contributed by atoms with Gasteiger partial charge >= 0.3 is 0 Å². The Bertz CT molecular complexity index is 365. The second-order valence-corrected chi connectivity index (χ2v) is 6.15. The highest BCUT2D eigenvalue weighted by atomic mass is 16.3. The van der Waals surface area contributed by atoms with Crippen LogP contribution in [-0.2, 0) is 13.1 Å². The van der Waals surface area contributed by atoms with Gasteiger partial charge < -0.3 is 10.0 Å². The number of nitrogens with zero attached hydrogens (tertiary/aromatic N) is 4. The summed E-state index contributed by atoms with van der Waals surface area (Å²) in [5, 5.41) is 18.1. The van der Waals surface area contributed by atoms with E-state index >= 15 is 0 Å². The molecule has 1 aromatic heterocycles. The van der Waals surface area contributed by atoms with Gasteiger partial charge in [0.15, 0.2) is 0 Å². The van der Waals surface area contributed by atoms with Crippen LogP contribution in [-0.4, -0.2) is 44.7 Å². The van der Waals surface area contributed by atoms with Crippen molar-refractivity contribution in [1.82, 2.24) is 19.9 Å². The van der Waals surface area contributed by atoms with Crippen LogP contribution in [0.4, 0.5) is 0 Å². The summed E-state index contributed by atoms with van der Waals surface area (Å²) in [6.07, 6.45) is 5.82. The van der Waals surface area contributed by atoms with E-state index in [2.05, 4.69) is 43.0 Å². The number of rotatable bonds is 10. The normalized spacial score (nSPS) is 13.3. The fourth-order valence-corrected chi connectivity index (χ4v) is 2.08. The average Bonchev–Trinajstić information content (AvgIpc) is 2.81. The van der Waals surface area contributed by atoms with Gasteiger partial charge in [-0.1, -0.05) is 38.8 Å². The van der Waals surface area contributed by atoms with Gasteiger partial charge in [-0.3, -0.25) is 0 Å². The maximum atomic E-state index is 9.87. The van der Waals surface area contributed by atoms with Crippen LogP contribution in [0, 0.1) is 5.92 Å². The largest absolute Gasteiger partial charge is 0.391 e. The summed E-state index contributed by atoms with van der Waals surface area (Å²) < 4.78 is 1.76. The number of hydrogen-bond acceptors (Lipinski definition) is 4. The molecule has 1 atom stereocenters. The summed E-state index contributed by atoms with van der Waals surface area (Å²) >= 11 is 0. The molecule has 5 heteroatoms. The highest BCUT2D eigenvalue weighted by Gasteiger charge is 2.09. The van der Waals surface area contributed by atoms with E-state index < -0.39 is 0 Å². The van der Waals surface area contributed by atoms with E-state index in [1.165, 1.54) is 6.42 Å². The Kier molecular flexibility index (Phi) is 7.77. The van der Waals surface area contributed by atoms with Crippen molar-refractivity contribution in [3.63, 3.8) is 0 Å². The van der Waals surface area contributed by atoms with Crippen LogP contribution in [0.1, 0.15) is 52.1 Å². The van der Waals surface area contributed by atoms with E-state index in [9.17, 15) is 5.11 Å². The van der Waals surface area contributed by atoms with Gasteiger partial charge in [-0.15, -0.1) is 5.10 Å². The van der Waals surface area contributed by atoms with E-state index in [1.807, 2.05) is 6.20 Å². The summed E-state index contributed by atoms with van der Waals surface area (Å²) in [6, 6.07) is 0. The third kappa shape index (κ3) is 7.01. The van der Waals surface area contributed by atoms with Crippen molar-refractivity contribution < 1.29 is 5.11 Å². The molecule has 1 aromatic rings.